The molecule has 0 saturated heterocycles. The molecule has 0 saturated carbocycles. The van der Waals surface area contributed by atoms with E-state index in [0.717, 1.165) is 0 Å². The Hall–Kier alpha value is -4.13. The molecule has 1 aromatic carbocycles. The highest BCUT2D eigenvalue weighted by Gasteiger charge is 2.26. The topological polar surface area (TPSA) is 182 Å². The summed E-state index contributed by atoms with van der Waals surface area (Å²) in [5.74, 6) is -1.79. The summed E-state index contributed by atoms with van der Waals surface area (Å²) in [5.41, 5.74) is 4.70. The molecule has 0 aliphatic heterocycles. The van der Waals surface area contributed by atoms with Gasteiger partial charge in [-0.25, -0.2) is 24.0 Å². The molecule has 39 heavy (non-hydrogen) atoms. The van der Waals surface area contributed by atoms with Crippen LogP contribution in [0.15, 0.2) is 36.9 Å². The molecule has 0 aromatic heterocycles. The zero-order valence-electron chi connectivity index (χ0n) is 23.0. The van der Waals surface area contributed by atoms with E-state index in [2.05, 4.69) is 21.9 Å². The minimum absolute atomic E-state index is 0.0305. The molecule has 0 fully saturated rings. The van der Waals surface area contributed by atoms with Gasteiger partial charge in [0.2, 0.25) is 0 Å². The number of alkyl carbamates (subject to hydrolysis) is 2. The Labute approximate surface area is 227 Å². The monoisotopic (exact) mass is 551 g/mol. The maximum Gasteiger partial charge on any atom is 0.521 e. The Morgan fingerprint density at radius 3 is 2.03 bits per heavy atom. The number of ether oxygens (including phenoxy) is 5. The number of esters is 2. The van der Waals surface area contributed by atoms with E-state index in [4.69, 9.17) is 24.7 Å². The van der Waals surface area contributed by atoms with Crippen molar-refractivity contribution in [2.24, 2.45) is 5.73 Å². The molecule has 216 valence electrons. The summed E-state index contributed by atoms with van der Waals surface area (Å²) in [6.45, 7) is 13.2. The Morgan fingerprint density at radius 2 is 1.49 bits per heavy atom. The second kappa shape index (κ2) is 14.7. The van der Waals surface area contributed by atoms with E-state index in [-0.39, 0.29) is 25.3 Å². The van der Waals surface area contributed by atoms with Crippen molar-refractivity contribution in [3.05, 3.63) is 42.5 Å². The van der Waals surface area contributed by atoms with E-state index in [1.807, 2.05) is 0 Å². The van der Waals surface area contributed by atoms with Gasteiger partial charge in [0.25, 0.3) is 0 Å². The number of nitrogens with one attached hydrogen (secondary N) is 2. The van der Waals surface area contributed by atoms with Gasteiger partial charge in [0.05, 0.1) is 0 Å². The van der Waals surface area contributed by atoms with Gasteiger partial charge >= 0.3 is 30.3 Å². The van der Waals surface area contributed by atoms with Gasteiger partial charge in [0.1, 0.15) is 35.6 Å². The number of benzene rings is 1. The Balaban J connectivity index is 2.69. The predicted molar refractivity (Wildman–Crippen MR) is 139 cm³/mol. The number of hydrogen-bond acceptors (Lipinski definition) is 11. The van der Waals surface area contributed by atoms with Crippen LogP contribution in [0.4, 0.5) is 14.4 Å². The zero-order chi connectivity index (χ0) is 29.8. The molecular formula is C26H37N3O10. The lowest BCUT2D eigenvalue weighted by Crippen LogP contribution is -2.45. The first-order chi connectivity index (χ1) is 18.0. The number of carbonyl (C=O) groups excluding carboxylic acids is 5. The van der Waals surface area contributed by atoms with E-state index >= 15 is 0 Å². The third-order valence-corrected chi connectivity index (χ3v) is 4.24. The highest BCUT2D eigenvalue weighted by atomic mass is 16.7. The molecule has 0 bridgehead atoms. The molecule has 1 rings (SSSR count). The average molecular weight is 552 g/mol. The van der Waals surface area contributed by atoms with Crippen molar-refractivity contribution in [2.75, 3.05) is 13.2 Å². The molecule has 0 radical (unpaired) electrons. The minimum Gasteiger partial charge on any atom is -0.460 e. The van der Waals surface area contributed by atoms with Crippen molar-refractivity contribution in [3.8, 4) is 5.75 Å². The van der Waals surface area contributed by atoms with Gasteiger partial charge in [-0.05, 0) is 59.2 Å². The van der Waals surface area contributed by atoms with Crippen LogP contribution in [0.1, 0.15) is 47.1 Å². The number of hydrogen-bond donors (Lipinski definition) is 3. The van der Waals surface area contributed by atoms with Crippen LogP contribution >= 0.6 is 0 Å². The molecule has 0 heterocycles. The molecular weight excluding hydrogens is 514 g/mol. The smallest absolute Gasteiger partial charge is 0.460 e. The Bertz CT molecular complexity index is 1030. The average Bonchev–Trinajstić information content (AvgIpc) is 2.79. The van der Waals surface area contributed by atoms with Gasteiger partial charge in [0.15, 0.2) is 0 Å². The van der Waals surface area contributed by atoms with Crippen molar-refractivity contribution in [2.45, 2.75) is 71.2 Å². The fourth-order valence-corrected chi connectivity index (χ4v) is 2.68. The number of carbonyl (C=O) groups is 5. The van der Waals surface area contributed by atoms with Crippen molar-refractivity contribution >= 4 is 30.3 Å². The maximum absolute atomic E-state index is 12.4. The quantitative estimate of drug-likeness (QED) is 0.128. The first-order valence-electron chi connectivity index (χ1n) is 12.0. The van der Waals surface area contributed by atoms with Crippen LogP contribution < -0.4 is 21.1 Å². The van der Waals surface area contributed by atoms with E-state index in [9.17, 15) is 24.0 Å². The van der Waals surface area contributed by atoms with Crippen LogP contribution in [0.3, 0.4) is 0 Å². The molecule has 0 aliphatic rings. The maximum atomic E-state index is 12.4. The third-order valence-electron chi connectivity index (χ3n) is 4.24. The zero-order valence-corrected chi connectivity index (χ0v) is 23.0. The highest BCUT2D eigenvalue weighted by Crippen LogP contribution is 2.15. The molecule has 0 spiro atoms. The lowest BCUT2D eigenvalue weighted by molar-refractivity contribution is -0.145. The van der Waals surface area contributed by atoms with Crippen LogP contribution in [0.25, 0.3) is 0 Å². The van der Waals surface area contributed by atoms with Crippen LogP contribution in [0.2, 0.25) is 0 Å². The predicted octanol–water partition coefficient (Wildman–Crippen LogP) is 2.75. The SMILES string of the molecule is C=CCOC(=O)[C@H](Cc1ccc(OC(=O)OC(=O)[C@@H](N)CNC(=O)OC(C)(C)C)cc1)NC(=O)OC(C)(C)C. The first kappa shape index (κ1) is 32.9. The lowest BCUT2D eigenvalue weighted by atomic mass is 10.1. The second-order valence-electron chi connectivity index (χ2n) is 10.2. The van der Waals surface area contributed by atoms with Crippen molar-refractivity contribution in [1.82, 2.24) is 10.6 Å². The van der Waals surface area contributed by atoms with Crippen LogP contribution in [-0.4, -0.2) is 66.7 Å². The van der Waals surface area contributed by atoms with Gasteiger partial charge in [-0.15, -0.1) is 0 Å². The second-order valence-corrected chi connectivity index (χ2v) is 10.2. The van der Waals surface area contributed by atoms with Crippen molar-refractivity contribution in [1.29, 1.82) is 0 Å². The van der Waals surface area contributed by atoms with Gasteiger partial charge in [-0.1, -0.05) is 24.8 Å². The van der Waals surface area contributed by atoms with Crippen LogP contribution in [0.5, 0.6) is 5.75 Å². The van der Waals surface area contributed by atoms with Gasteiger partial charge in [-0.3, -0.25) is 0 Å². The molecule has 13 nitrogen and oxygen atoms in total. The van der Waals surface area contributed by atoms with E-state index in [1.165, 1.54) is 30.3 Å². The van der Waals surface area contributed by atoms with E-state index in [0.29, 0.717) is 5.56 Å². The number of nitrogens with two attached hydrogens (primary N) is 1. The molecule has 1 aromatic rings. The molecule has 0 aliphatic carbocycles. The summed E-state index contributed by atoms with van der Waals surface area (Å²) in [7, 11) is 0. The summed E-state index contributed by atoms with van der Waals surface area (Å²) in [4.78, 5) is 60.2. The summed E-state index contributed by atoms with van der Waals surface area (Å²) >= 11 is 0. The molecule has 2 amide bonds. The summed E-state index contributed by atoms with van der Waals surface area (Å²) in [6, 6.07) is 3.44. The molecule has 4 N–H and O–H groups in total. The van der Waals surface area contributed by atoms with E-state index in [1.54, 1.807) is 41.5 Å². The van der Waals surface area contributed by atoms with Crippen LogP contribution in [0, 0.1) is 0 Å². The van der Waals surface area contributed by atoms with E-state index < -0.39 is 53.6 Å². The van der Waals surface area contributed by atoms with Gasteiger partial charge in [-0.2, -0.15) is 0 Å². The van der Waals surface area contributed by atoms with Gasteiger partial charge < -0.3 is 40.1 Å². The number of amides is 2. The highest BCUT2D eigenvalue weighted by molar-refractivity contribution is 5.86. The van der Waals surface area contributed by atoms with Crippen LogP contribution in [-0.2, 0) is 35.0 Å². The van der Waals surface area contributed by atoms with Crippen molar-refractivity contribution < 1.29 is 47.7 Å². The van der Waals surface area contributed by atoms with Gasteiger partial charge in [0, 0.05) is 13.0 Å². The lowest BCUT2D eigenvalue weighted by Gasteiger charge is -2.23. The fraction of sp³-hybridized carbons (Fsp3) is 0.500. The summed E-state index contributed by atoms with van der Waals surface area (Å²) in [5, 5.41) is 4.77. The normalized spacial score (nSPS) is 12.7. The largest absolute Gasteiger partial charge is 0.521 e. The summed E-state index contributed by atoms with van der Waals surface area (Å²) < 4.78 is 24.8. The molecule has 2 atom stereocenters. The first-order valence-corrected chi connectivity index (χ1v) is 12.0. The number of rotatable bonds is 10. The third kappa shape index (κ3) is 14.4. The van der Waals surface area contributed by atoms with Crippen molar-refractivity contribution in [3.63, 3.8) is 0 Å². The molecule has 13 heteroatoms. The fourth-order valence-electron chi connectivity index (χ4n) is 2.68. The molecule has 0 unspecified atom stereocenters. The summed E-state index contributed by atoms with van der Waals surface area (Å²) in [6.07, 6.45) is -1.49. The Kier molecular flexibility index (Phi) is 12.4. The minimum atomic E-state index is -1.34. The Morgan fingerprint density at radius 1 is 0.923 bits per heavy atom. The standard InChI is InChI=1S/C26H37N3O10/c1-8-13-35-21(31)19(29-23(33)39-26(5,6)7)14-16-9-11-17(12-10-16)36-24(34)37-20(30)18(27)15-28-22(32)38-25(2,3)4/h8-12,18-19H,1,13-15,27H2,2-7H3,(H,28,32)(H,29,33)/t18-,19-/m0/s1.